The van der Waals surface area contributed by atoms with E-state index in [4.69, 9.17) is 46.8 Å². The van der Waals surface area contributed by atoms with E-state index < -0.39 is 157 Å². The zero-order valence-corrected chi connectivity index (χ0v) is 67.7. The Kier molecular flexibility index (Phi) is 44.1. The number of benzene rings is 2. The number of hydrogen-bond donors (Lipinski definition) is 19. The van der Waals surface area contributed by atoms with Crippen LogP contribution in [0.15, 0.2) is 78.2 Å². The summed E-state index contributed by atoms with van der Waals surface area (Å²) in [6.45, 7) is -0.0415. The number of unbranched alkanes of at least 4 members (excludes halogenated alkanes) is 2. The number of rotatable bonds is 49. The van der Waals surface area contributed by atoms with E-state index >= 15 is 0 Å². The van der Waals surface area contributed by atoms with Gasteiger partial charge in [0.1, 0.15) is 54.2 Å². The van der Waals surface area contributed by atoms with E-state index in [1.807, 2.05) is 0 Å². The highest BCUT2D eigenvalue weighted by Crippen LogP contribution is 2.24. The van der Waals surface area contributed by atoms with E-state index in [1.165, 1.54) is 26.7 Å². The first kappa shape index (κ1) is 97.8. The van der Waals surface area contributed by atoms with Crippen LogP contribution in [-0.4, -0.2) is 282 Å². The van der Waals surface area contributed by atoms with Gasteiger partial charge in [0.15, 0.2) is 11.9 Å². The van der Waals surface area contributed by atoms with Crippen molar-refractivity contribution in [1.29, 1.82) is 10.8 Å². The molecule has 2 aliphatic heterocycles. The Balaban J connectivity index is 1.11. The number of carboxylic acid groups (broad SMARTS) is 2. The molecule has 666 valence electrons. The second-order valence-corrected chi connectivity index (χ2v) is 28.3. The summed E-state index contributed by atoms with van der Waals surface area (Å²) < 4.78 is 24.7. The number of aliphatic carboxylic acids is 2. The summed E-state index contributed by atoms with van der Waals surface area (Å²) in [5.41, 5.74) is 21.1. The van der Waals surface area contributed by atoms with Gasteiger partial charge in [-0.05, 0) is 93.7 Å². The maximum absolute atomic E-state index is 14.5. The lowest BCUT2D eigenvalue weighted by molar-refractivity contribution is -0.141. The molecule has 2 aromatic carbocycles. The molecule has 2 aliphatic rings. The summed E-state index contributed by atoms with van der Waals surface area (Å²) in [5.74, 6) is -11.9. The van der Waals surface area contributed by atoms with Gasteiger partial charge in [-0.3, -0.25) is 77.9 Å². The van der Waals surface area contributed by atoms with Crippen molar-refractivity contribution in [1.82, 2.24) is 104 Å². The second kappa shape index (κ2) is 54.9. The summed E-state index contributed by atoms with van der Waals surface area (Å²) in [5, 5.41) is 89.3. The molecule has 12 amide bonds. The largest absolute Gasteiger partial charge is 0.481 e. The number of nitrogens with zero attached hydrogens (tertiary/aromatic N) is 10. The van der Waals surface area contributed by atoms with Crippen molar-refractivity contribution < 1.29 is 96.3 Å². The number of guanidine groups is 2. The lowest BCUT2D eigenvalue weighted by Crippen LogP contribution is -2.53. The Hall–Kier alpha value is -13.0. The molecule has 2 aromatic heterocycles. The van der Waals surface area contributed by atoms with Gasteiger partial charge in [0.25, 0.3) is 0 Å². The third-order valence-electron chi connectivity index (χ3n) is 18.8. The number of fused-ring (bicyclic) bond motifs is 4. The summed E-state index contributed by atoms with van der Waals surface area (Å²) >= 11 is 0. The molecule has 0 aliphatic carbocycles. The molecule has 0 saturated heterocycles. The van der Waals surface area contributed by atoms with Crippen LogP contribution in [0.2, 0.25) is 0 Å². The van der Waals surface area contributed by atoms with E-state index in [2.05, 4.69) is 99.8 Å². The van der Waals surface area contributed by atoms with Crippen LogP contribution in [-0.2, 0) is 98.9 Å². The molecule has 0 radical (unpaired) electrons. The first-order chi connectivity index (χ1) is 58.7. The fraction of sp³-hybridized carbons (Fsp3) is 0.573. The first-order valence-electron chi connectivity index (χ1n) is 40.0. The molecule has 4 bridgehead atoms. The van der Waals surface area contributed by atoms with Gasteiger partial charge >= 0.3 is 11.9 Å². The fourth-order valence-corrected chi connectivity index (χ4v) is 12.5. The lowest BCUT2D eigenvalue weighted by atomic mass is 10.0. The molecule has 0 fully saturated rings. The normalized spacial score (nSPS) is 18.6. The molecular weight excluding hydrogens is 1600 g/mol. The quantitative estimate of drug-likeness (QED) is 0.00503. The van der Waals surface area contributed by atoms with Crippen molar-refractivity contribution >= 4 is 94.7 Å². The molecule has 0 unspecified atom stereocenters. The van der Waals surface area contributed by atoms with Crippen LogP contribution < -0.4 is 80.6 Å². The monoisotopic (exact) mass is 1710 g/mol. The minimum Gasteiger partial charge on any atom is -0.481 e. The molecular formula is C75H111N27O20. The molecule has 122 heavy (non-hydrogen) atoms. The number of hydrogen-bond acceptors (Lipinski definition) is 25. The van der Waals surface area contributed by atoms with Crippen molar-refractivity contribution in [2.75, 3.05) is 118 Å². The Bertz CT molecular complexity index is 3930. The number of carbonyl (C=O) groups is 14. The average molecular weight is 1710 g/mol. The fourth-order valence-electron chi connectivity index (χ4n) is 12.5. The minimum atomic E-state index is -1.59. The molecule has 6 rings (SSSR count). The topological polar surface area (TPSA) is 686 Å². The number of carboxylic acids is 2. The number of ether oxygens (including phenoxy) is 4. The predicted molar refractivity (Wildman–Crippen MR) is 431 cm³/mol. The Morgan fingerprint density at radius 1 is 0.475 bits per heavy atom. The zero-order chi connectivity index (χ0) is 88.4. The smallest absolute Gasteiger partial charge is 0.305 e. The van der Waals surface area contributed by atoms with Crippen molar-refractivity contribution in [3.05, 3.63) is 106 Å². The molecule has 0 spiro atoms. The molecule has 8 atom stereocenters. The highest BCUT2D eigenvalue weighted by molar-refractivity contribution is 5.96. The van der Waals surface area contributed by atoms with Gasteiger partial charge in [-0.15, -0.1) is 10.2 Å². The minimum absolute atomic E-state index is 0.0189. The Labute approximate surface area is 701 Å². The van der Waals surface area contributed by atoms with Crippen LogP contribution in [0, 0.1) is 10.8 Å². The zero-order valence-electron chi connectivity index (χ0n) is 67.7. The second-order valence-electron chi connectivity index (χ2n) is 28.3. The van der Waals surface area contributed by atoms with Crippen LogP contribution in [0.3, 0.4) is 0 Å². The number of carbonyl (C=O) groups excluding carboxylic acids is 12. The van der Waals surface area contributed by atoms with Gasteiger partial charge in [0.2, 0.25) is 70.9 Å². The average Bonchev–Trinajstić information content (AvgIpc) is 1.68. The summed E-state index contributed by atoms with van der Waals surface area (Å²) in [7, 11) is 0. The third kappa shape index (κ3) is 38.4. The number of aromatic nitrogens is 6. The van der Waals surface area contributed by atoms with Crippen molar-refractivity contribution in [3.63, 3.8) is 0 Å². The maximum Gasteiger partial charge on any atom is 0.305 e. The highest BCUT2D eigenvalue weighted by atomic mass is 16.6. The van der Waals surface area contributed by atoms with Crippen molar-refractivity contribution in [2.45, 2.75) is 157 Å². The SMILES string of the molecule is [N-]=[N+]=NCC(=O)NCCOCCOCCOCCOCCC(=O)N(CCC(=O)NCCCC[C@H]1C(=O)N[C@@H](CCCNC(=N)N)C(=O)NCC(=O)N[C@@H](CC(=O)O)C(=O)N[C@@H](Cc2ccccc2)c2cn1nn2)CCC(=O)NCCCC[C@H]1C(=O)N[C@@H](CCCNC(=N)N)C(=O)NCC(=O)N[C@@H](CC(=O)O)C(=O)N[C@@H](Cc2ccccc2)c2cn1nn2. The van der Waals surface area contributed by atoms with E-state index in [0.717, 1.165) is 11.1 Å². The summed E-state index contributed by atoms with van der Waals surface area (Å²) in [4.78, 5) is 192. The molecule has 21 N–H and O–H groups in total. The van der Waals surface area contributed by atoms with Crippen LogP contribution in [0.5, 0.6) is 0 Å². The number of amides is 12. The Morgan fingerprint density at radius 3 is 1.28 bits per heavy atom. The highest BCUT2D eigenvalue weighted by Gasteiger charge is 2.35. The van der Waals surface area contributed by atoms with E-state index in [1.54, 1.807) is 60.7 Å². The van der Waals surface area contributed by atoms with Gasteiger partial charge in [-0.25, -0.2) is 9.36 Å². The summed E-state index contributed by atoms with van der Waals surface area (Å²) in [6, 6.07) is 7.77. The van der Waals surface area contributed by atoms with Crippen LogP contribution in [0.4, 0.5) is 0 Å². The van der Waals surface area contributed by atoms with E-state index in [0.29, 0.717) is 0 Å². The molecule has 4 aromatic rings. The van der Waals surface area contributed by atoms with Gasteiger partial charge in [0.05, 0.1) is 110 Å². The van der Waals surface area contributed by atoms with Gasteiger partial charge < -0.3 is 115 Å². The first-order valence-corrected chi connectivity index (χ1v) is 40.0. The van der Waals surface area contributed by atoms with Gasteiger partial charge in [-0.2, -0.15) is 0 Å². The van der Waals surface area contributed by atoms with Gasteiger partial charge in [0, 0.05) is 63.6 Å². The van der Waals surface area contributed by atoms with E-state index in [9.17, 15) is 77.3 Å². The predicted octanol–water partition coefficient (Wildman–Crippen LogP) is -3.81. The van der Waals surface area contributed by atoms with Crippen LogP contribution >= 0.6 is 0 Å². The Morgan fingerprint density at radius 2 is 0.869 bits per heavy atom. The van der Waals surface area contributed by atoms with Crippen molar-refractivity contribution in [3.8, 4) is 0 Å². The number of azide groups is 1. The van der Waals surface area contributed by atoms with Gasteiger partial charge in [-0.1, -0.05) is 76.2 Å². The lowest BCUT2D eigenvalue weighted by Gasteiger charge is -2.24. The third-order valence-corrected chi connectivity index (χ3v) is 18.8. The number of nitrogens with one attached hydrogen (secondary N) is 15. The molecule has 0 saturated carbocycles. The molecule has 47 nitrogen and oxygen atoms in total. The van der Waals surface area contributed by atoms with Crippen LogP contribution in [0.25, 0.3) is 10.4 Å². The molecule has 4 heterocycles. The number of nitrogens with two attached hydrogens (primary N) is 2. The maximum atomic E-state index is 14.5. The summed E-state index contributed by atoms with van der Waals surface area (Å²) in [6.07, 6.45) is 2.37. The van der Waals surface area contributed by atoms with E-state index in [-0.39, 0.29) is 225 Å². The standard InChI is InChI=1S/C75H111N27O20/c76-74(77)84-26-11-17-50-68(113)86-43-63(106)89-54(41-66(109)110)70(115)93-52(39-48-13-3-1-4-14-48)56-46-101(98-95-56)58(72(117)91-50)19-7-9-24-81-60(103)21-29-100(65(108)23-31-119-33-35-121-37-38-122-36-34-120-32-28-83-62(105)45-88-97-80)30-22-61(104)82-25-10-8-20-59-73(118)92-51(18-12-27-85-75(78)79)69(114)87-44-64(107)90-55(42-67(111)112)71(116)94-53(57-47-102(59)99-96-57)40-49-15-5-2-6-16-49/h1-6,13-16,46-47,50-55,58-59H,7-12,17-45H2,(H,81,103)(H,82,104)(H,83,105)(H,86,113)(H,87,114)(H,89,106)(H,90,107)(H,91,117)(H,92,118)(H,93,115)(H,94,116)(H,109,110)(H,111,112)(H4,76,77,84)(H4,78,79,85)/t50-,51-,52-,53-,54-,55-,58-,59-/m0/s1. The molecule has 47 heteroatoms. The van der Waals surface area contributed by atoms with Crippen molar-refractivity contribution in [2.24, 2.45) is 16.6 Å². The van der Waals surface area contributed by atoms with Crippen LogP contribution in [0.1, 0.15) is 143 Å².